The standard InChI is InChI=1S/C14H16BrNO3S/c15-11-7-6-10(20-11)13-9(14(18)19)2-1-3-12(17)16(13)8-4-5-8/h6-9,13H,1-5H2,(H,18,19). The molecule has 1 saturated heterocycles. The van der Waals surface area contributed by atoms with Crippen LogP contribution in [0.25, 0.3) is 0 Å². The van der Waals surface area contributed by atoms with Gasteiger partial charge in [0.2, 0.25) is 5.91 Å². The van der Waals surface area contributed by atoms with Crippen LogP contribution in [0.5, 0.6) is 0 Å². The van der Waals surface area contributed by atoms with E-state index in [9.17, 15) is 14.7 Å². The number of aliphatic carboxylic acids is 1. The Morgan fingerprint density at radius 2 is 2.10 bits per heavy atom. The van der Waals surface area contributed by atoms with Crippen LogP contribution in [0.15, 0.2) is 15.9 Å². The highest BCUT2D eigenvalue weighted by Gasteiger charge is 2.45. The Bertz CT molecular complexity index is 540. The largest absolute Gasteiger partial charge is 0.481 e. The lowest BCUT2D eigenvalue weighted by atomic mass is 9.93. The molecule has 6 heteroatoms. The SMILES string of the molecule is O=C(O)C1CCCC(=O)N(C2CC2)C1c1ccc(Br)s1. The molecule has 4 nitrogen and oxygen atoms in total. The summed E-state index contributed by atoms with van der Waals surface area (Å²) in [5.41, 5.74) is 0. The summed E-state index contributed by atoms with van der Waals surface area (Å²) in [6, 6.07) is 3.82. The summed E-state index contributed by atoms with van der Waals surface area (Å²) in [4.78, 5) is 26.9. The minimum Gasteiger partial charge on any atom is -0.481 e. The molecule has 1 aliphatic carbocycles. The van der Waals surface area contributed by atoms with Crippen LogP contribution in [0.4, 0.5) is 0 Å². The Hall–Kier alpha value is -0.880. The average Bonchev–Trinajstić information content (AvgIpc) is 3.15. The van der Waals surface area contributed by atoms with Crippen molar-refractivity contribution in [1.29, 1.82) is 0 Å². The zero-order valence-corrected chi connectivity index (χ0v) is 13.3. The van der Waals surface area contributed by atoms with Crippen LogP contribution >= 0.6 is 27.3 Å². The molecule has 1 aromatic rings. The van der Waals surface area contributed by atoms with E-state index in [1.54, 1.807) is 0 Å². The van der Waals surface area contributed by atoms with Gasteiger partial charge in [0.05, 0.1) is 15.7 Å². The van der Waals surface area contributed by atoms with Crippen molar-refractivity contribution < 1.29 is 14.7 Å². The summed E-state index contributed by atoms with van der Waals surface area (Å²) in [7, 11) is 0. The molecular weight excluding hydrogens is 342 g/mol. The quantitative estimate of drug-likeness (QED) is 0.901. The van der Waals surface area contributed by atoms with E-state index >= 15 is 0 Å². The summed E-state index contributed by atoms with van der Waals surface area (Å²) in [5.74, 6) is -1.17. The third-order valence-corrected chi connectivity index (χ3v) is 5.71. The molecule has 1 amide bonds. The van der Waals surface area contributed by atoms with Crippen molar-refractivity contribution in [2.45, 2.75) is 44.2 Å². The van der Waals surface area contributed by atoms with Gasteiger partial charge in [-0.1, -0.05) is 0 Å². The number of carbonyl (C=O) groups excluding carboxylic acids is 1. The Morgan fingerprint density at radius 3 is 2.65 bits per heavy atom. The van der Waals surface area contributed by atoms with Crippen LogP contribution in [0.1, 0.15) is 43.0 Å². The summed E-state index contributed by atoms with van der Waals surface area (Å²) in [6.07, 6.45) is 3.72. The number of halogens is 1. The zero-order chi connectivity index (χ0) is 14.3. The van der Waals surface area contributed by atoms with Gasteiger partial charge in [-0.15, -0.1) is 11.3 Å². The molecule has 2 heterocycles. The first-order chi connectivity index (χ1) is 9.58. The molecule has 0 radical (unpaired) electrons. The van der Waals surface area contributed by atoms with Crippen molar-refractivity contribution in [3.05, 3.63) is 20.8 Å². The smallest absolute Gasteiger partial charge is 0.308 e. The minimum absolute atomic E-state index is 0.116. The zero-order valence-electron chi connectivity index (χ0n) is 10.9. The third kappa shape index (κ3) is 2.63. The molecule has 3 rings (SSSR count). The van der Waals surface area contributed by atoms with Crippen LogP contribution in [0.2, 0.25) is 0 Å². The molecule has 1 aromatic heterocycles. The monoisotopic (exact) mass is 357 g/mol. The predicted molar refractivity (Wildman–Crippen MR) is 79.6 cm³/mol. The summed E-state index contributed by atoms with van der Waals surface area (Å²) < 4.78 is 0.976. The molecule has 2 fully saturated rings. The first-order valence-electron chi connectivity index (χ1n) is 6.87. The molecule has 1 saturated carbocycles. The second-order valence-corrected chi connectivity index (χ2v) is 7.95. The van der Waals surface area contributed by atoms with Gasteiger partial charge in [-0.25, -0.2) is 0 Å². The van der Waals surface area contributed by atoms with E-state index in [1.807, 2.05) is 17.0 Å². The molecule has 1 N–H and O–H groups in total. The van der Waals surface area contributed by atoms with Crippen molar-refractivity contribution in [1.82, 2.24) is 4.90 Å². The molecular formula is C14H16BrNO3S. The van der Waals surface area contributed by atoms with Crippen LogP contribution in [-0.4, -0.2) is 27.9 Å². The van der Waals surface area contributed by atoms with Crippen LogP contribution < -0.4 is 0 Å². The number of carboxylic acids is 1. The van der Waals surface area contributed by atoms with Gasteiger partial charge in [-0.05, 0) is 53.7 Å². The lowest BCUT2D eigenvalue weighted by molar-refractivity contribution is -0.146. The fourth-order valence-electron chi connectivity index (χ4n) is 2.97. The molecule has 0 spiro atoms. The number of hydrogen-bond donors (Lipinski definition) is 1. The molecule has 0 aromatic carbocycles. The highest BCUT2D eigenvalue weighted by molar-refractivity contribution is 9.11. The van der Waals surface area contributed by atoms with Crippen LogP contribution in [0, 0.1) is 5.92 Å². The van der Waals surface area contributed by atoms with Gasteiger partial charge in [0, 0.05) is 17.3 Å². The molecule has 2 atom stereocenters. The summed E-state index contributed by atoms with van der Waals surface area (Å²) >= 11 is 4.97. The van der Waals surface area contributed by atoms with E-state index in [1.165, 1.54) is 11.3 Å². The Labute approximate surface area is 129 Å². The fraction of sp³-hybridized carbons (Fsp3) is 0.571. The van der Waals surface area contributed by atoms with E-state index in [2.05, 4.69) is 15.9 Å². The van der Waals surface area contributed by atoms with E-state index in [0.29, 0.717) is 19.3 Å². The van der Waals surface area contributed by atoms with Gasteiger partial charge in [-0.2, -0.15) is 0 Å². The Morgan fingerprint density at radius 1 is 1.35 bits per heavy atom. The van der Waals surface area contributed by atoms with Crippen molar-refractivity contribution >= 4 is 39.1 Å². The first-order valence-corrected chi connectivity index (χ1v) is 8.48. The minimum atomic E-state index is -0.792. The highest BCUT2D eigenvalue weighted by Crippen LogP contribution is 2.45. The number of hydrogen-bond acceptors (Lipinski definition) is 3. The average molecular weight is 358 g/mol. The summed E-state index contributed by atoms with van der Waals surface area (Å²) in [5, 5.41) is 9.56. The molecule has 0 bridgehead atoms. The van der Waals surface area contributed by atoms with Gasteiger partial charge in [0.25, 0.3) is 0 Å². The molecule has 108 valence electrons. The molecule has 2 unspecified atom stereocenters. The molecule has 2 aliphatic rings. The van der Waals surface area contributed by atoms with Crippen molar-refractivity contribution in [2.75, 3.05) is 0 Å². The Balaban J connectivity index is 2.02. The van der Waals surface area contributed by atoms with Gasteiger partial charge >= 0.3 is 5.97 Å². The maximum atomic E-state index is 12.4. The molecule has 20 heavy (non-hydrogen) atoms. The number of thiophene rings is 1. The van der Waals surface area contributed by atoms with Crippen molar-refractivity contribution in [2.24, 2.45) is 5.92 Å². The van der Waals surface area contributed by atoms with Crippen LogP contribution in [0.3, 0.4) is 0 Å². The van der Waals surface area contributed by atoms with E-state index < -0.39 is 11.9 Å². The van der Waals surface area contributed by atoms with Crippen molar-refractivity contribution in [3.8, 4) is 0 Å². The lowest BCUT2D eigenvalue weighted by Crippen LogP contribution is -2.40. The lowest BCUT2D eigenvalue weighted by Gasteiger charge is -2.33. The maximum absolute atomic E-state index is 12.4. The number of likely N-dealkylation sites (tertiary alicyclic amines) is 1. The van der Waals surface area contributed by atoms with Crippen molar-refractivity contribution in [3.63, 3.8) is 0 Å². The second-order valence-electron chi connectivity index (χ2n) is 5.46. The maximum Gasteiger partial charge on any atom is 0.308 e. The number of rotatable bonds is 3. The van der Waals surface area contributed by atoms with E-state index in [-0.39, 0.29) is 18.0 Å². The topological polar surface area (TPSA) is 57.6 Å². The van der Waals surface area contributed by atoms with Gasteiger partial charge in [-0.3, -0.25) is 9.59 Å². The van der Waals surface area contributed by atoms with Gasteiger partial charge < -0.3 is 10.0 Å². The predicted octanol–water partition coefficient (Wildman–Crippen LogP) is 3.43. The Kier molecular flexibility index (Phi) is 3.86. The number of amides is 1. The number of carboxylic acid groups (broad SMARTS) is 1. The number of nitrogens with zero attached hydrogens (tertiary/aromatic N) is 1. The van der Waals surface area contributed by atoms with Gasteiger partial charge in [0.1, 0.15) is 0 Å². The normalized spacial score (nSPS) is 27.4. The number of carbonyl (C=O) groups is 2. The van der Waals surface area contributed by atoms with Gasteiger partial charge in [0.15, 0.2) is 0 Å². The highest BCUT2D eigenvalue weighted by atomic mass is 79.9. The fourth-order valence-corrected chi connectivity index (χ4v) is 4.56. The summed E-state index contributed by atoms with van der Waals surface area (Å²) in [6.45, 7) is 0. The first kappa shape index (κ1) is 14.1. The second kappa shape index (κ2) is 5.48. The van der Waals surface area contributed by atoms with E-state index in [0.717, 1.165) is 21.5 Å². The molecule has 1 aliphatic heterocycles. The van der Waals surface area contributed by atoms with Crippen LogP contribution in [-0.2, 0) is 9.59 Å². The van der Waals surface area contributed by atoms with E-state index in [4.69, 9.17) is 0 Å². The third-order valence-electron chi connectivity index (χ3n) is 4.02.